The molecule has 0 unspecified atom stereocenters. The second-order valence-electron chi connectivity index (χ2n) is 9.89. The van der Waals surface area contributed by atoms with E-state index in [0.717, 1.165) is 51.1 Å². The van der Waals surface area contributed by atoms with Crippen molar-refractivity contribution in [2.45, 2.75) is 77.1 Å². The smallest absolute Gasteiger partial charge is 0.273 e. The Morgan fingerprint density at radius 2 is 1.74 bits per heavy atom. The van der Waals surface area contributed by atoms with Crippen molar-refractivity contribution in [3.63, 3.8) is 0 Å². The van der Waals surface area contributed by atoms with Crippen LogP contribution in [0.1, 0.15) is 68.4 Å². The van der Waals surface area contributed by atoms with Crippen molar-refractivity contribution in [1.29, 1.82) is 0 Å². The molecule has 2 aliphatic rings. The number of carbonyl (C=O) groups is 1. The topological polar surface area (TPSA) is 108 Å². The second-order valence-corrected chi connectivity index (χ2v) is 9.89. The van der Waals surface area contributed by atoms with Crippen LogP contribution >= 0.6 is 0 Å². The molecule has 2 fully saturated rings. The van der Waals surface area contributed by atoms with Crippen molar-refractivity contribution in [2.24, 2.45) is 0 Å². The quantitative estimate of drug-likeness (QED) is 0.533. The minimum atomic E-state index is -0.303. The summed E-state index contributed by atoms with van der Waals surface area (Å²) in [6, 6.07) is 9.11. The van der Waals surface area contributed by atoms with Crippen LogP contribution in [0.25, 0.3) is 11.3 Å². The van der Waals surface area contributed by atoms with Gasteiger partial charge in [0.2, 0.25) is 0 Å². The van der Waals surface area contributed by atoms with Crippen LogP contribution in [0.5, 0.6) is 0 Å². The Bertz CT molecular complexity index is 962. The third kappa shape index (κ3) is 6.57. The van der Waals surface area contributed by atoms with Gasteiger partial charge in [0.25, 0.3) is 5.91 Å². The summed E-state index contributed by atoms with van der Waals surface area (Å²) in [4.78, 5) is 26.7. The Labute approximate surface area is 208 Å². The van der Waals surface area contributed by atoms with Gasteiger partial charge in [-0.25, -0.2) is 9.97 Å². The van der Waals surface area contributed by atoms with Crippen molar-refractivity contribution in [3.05, 3.63) is 41.7 Å². The first-order valence-corrected chi connectivity index (χ1v) is 13.1. The molecule has 1 saturated carbocycles. The molecule has 1 aliphatic carbocycles. The summed E-state index contributed by atoms with van der Waals surface area (Å²) in [5, 5.41) is 12.7. The van der Waals surface area contributed by atoms with E-state index in [9.17, 15) is 9.90 Å². The molecule has 2 aromatic rings. The van der Waals surface area contributed by atoms with Gasteiger partial charge in [0, 0.05) is 24.2 Å². The monoisotopic (exact) mass is 480 g/mol. The van der Waals surface area contributed by atoms with Gasteiger partial charge in [0.05, 0.1) is 18.0 Å². The van der Waals surface area contributed by atoms with Gasteiger partial charge >= 0.3 is 0 Å². The van der Waals surface area contributed by atoms with Crippen molar-refractivity contribution < 1.29 is 9.90 Å². The van der Waals surface area contributed by atoms with Gasteiger partial charge in [-0.1, -0.05) is 38.1 Å². The molecule has 0 bridgehead atoms. The number of aliphatic hydroxyl groups excluding tert-OH is 1. The van der Waals surface area contributed by atoms with Crippen molar-refractivity contribution in [3.8, 4) is 11.3 Å². The van der Waals surface area contributed by atoms with E-state index in [1.807, 2.05) is 12.1 Å². The number of carbonyl (C=O) groups excluding carboxylic acids is 1. The molecule has 190 valence electrons. The fourth-order valence-electron chi connectivity index (χ4n) is 5.40. The Morgan fingerprint density at radius 3 is 2.37 bits per heavy atom. The number of amides is 1. The zero-order valence-corrected chi connectivity index (χ0v) is 21.1. The SMILES string of the molecule is CCN(CC)C1CCN(Cc2ccc(-c3cnc(N)c(C(=O)NC4CCC(O)CC4)n3)cc2)CC1. The molecule has 1 aromatic carbocycles. The highest BCUT2D eigenvalue weighted by molar-refractivity contribution is 5.97. The molecular weight excluding hydrogens is 440 g/mol. The van der Waals surface area contributed by atoms with E-state index in [4.69, 9.17) is 5.73 Å². The lowest BCUT2D eigenvalue weighted by molar-refractivity contribution is 0.0864. The maximum absolute atomic E-state index is 12.8. The number of hydrogen-bond acceptors (Lipinski definition) is 7. The number of rotatable bonds is 8. The summed E-state index contributed by atoms with van der Waals surface area (Å²) in [5.74, 6) is -0.171. The maximum Gasteiger partial charge on any atom is 0.273 e. The van der Waals surface area contributed by atoms with E-state index in [0.29, 0.717) is 24.6 Å². The molecular formula is C27H40N6O2. The summed E-state index contributed by atoms with van der Waals surface area (Å²) in [6.45, 7) is 9.97. The van der Waals surface area contributed by atoms with E-state index < -0.39 is 0 Å². The fourth-order valence-corrected chi connectivity index (χ4v) is 5.40. The number of nitrogens with two attached hydrogens (primary N) is 1. The molecule has 1 amide bonds. The summed E-state index contributed by atoms with van der Waals surface area (Å²) < 4.78 is 0. The highest BCUT2D eigenvalue weighted by Gasteiger charge is 2.24. The molecule has 4 N–H and O–H groups in total. The summed E-state index contributed by atoms with van der Waals surface area (Å²) in [5.41, 5.74) is 8.97. The molecule has 1 aliphatic heterocycles. The first kappa shape index (κ1) is 25.5. The van der Waals surface area contributed by atoms with Crippen LogP contribution in [0, 0.1) is 0 Å². The van der Waals surface area contributed by atoms with Crippen molar-refractivity contribution in [2.75, 3.05) is 31.9 Å². The Hall–Kier alpha value is -2.55. The number of nitrogen functional groups attached to an aromatic ring is 1. The van der Waals surface area contributed by atoms with Crippen LogP contribution in [0.15, 0.2) is 30.5 Å². The lowest BCUT2D eigenvalue weighted by atomic mass is 9.93. The van der Waals surface area contributed by atoms with Crippen LogP contribution in [0.3, 0.4) is 0 Å². The molecule has 1 aromatic heterocycles. The number of aromatic nitrogens is 2. The molecule has 35 heavy (non-hydrogen) atoms. The summed E-state index contributed by atoms with van der Waals surface area (Å²) in [7, 11) is 0. The van der Waals surface area contributed by atoms with Gasteiger partial charge in [-0.2, -0.15) is 0 Å². The lowest BCUT2D eigenvalue weighted by Gasteiger charge is -2.37. The Morgan fingerprint density at radius 1 is 1.09 bits per heavy atom. The van der Waals surface area contributed by atoms with E-state index in [-0.39, 0.29) is 29.6 Å². The molecule has 8 nitrogen and oxygen atoms in total. The minimum absolute atomic E-state index is 0.0344. The van der Waals surface area contributed by atoms with Crippen LogP contribution in [0.2, 0.25) is 0 Å². The number of likely N-dealkylation sites (tertiary alicyclic amines) is 1. The summed E-state index contributed by atoms with van der Waals surface area (Å²) >= 11 is 0. The third-order valence-electron chi connectivity index (χ3n) is 7.59. The first-order chi connectivity index (χ1) is 17.0. The fraction of sp³-hybridized carbons (Fsp3) is 0.593. The van der Waals surface area contributed by atoms with Gasteiger partial charge < -0.3 is 21.1 Å². The van der Waals surface area contributed by atoms with Crippen LogP contribution < -0.4 is 11.1 Å². The number of hydrogen-bond donors (Lipinski definition) is 3. The van der Waals surface area contributed by atoms with Gasteiger partial charge in [-0.3, -0.25) is 9.69 Å². The molecule has 8 heteroatoms. The number of aliphatic hydroxyl groups is 1. The zero-order chi connectivity index (χ0) is 24.8. The third-order valence-corrected chi connectivity index (χ3v) is 7.59. The van der Waals surface area contributed by atoms with Crippen molar-refractivity contribution >= 4 is 11.7 Å². The number of nitrogens with zero attached hydrogens (tertiary/aromatic N) is 4. The largest absolute Gasteiger partial charge is 0.393 e. The van der Waals surface area contributed by atoms with Crippen LogP contribution in [-0.4, -0.2) is 75.1 Å². The zero-order valence-electron chi connectivity index (χ0n) is 21.1. The van der Waals surface area contributed by atoms with Crippen LogP contribution in [0.4, 0.5) is 5.82 Å². The molecule has 4 rings (SSSR count). The van der Waals surface area contributed by atoms with Crippen LogP contribution in [-0.2, 0) is 6.54 Å². The average molecular weight is 481 g/mol. The molecule has 2 heterocycles. The number of piperidine rings is 1. The predicted molar refractivity (Wildman–Crippen MR) is 139 cm³/mol. The second kappa shape index (κ2) is 11.9. The average Bonchev–Trinajstić information content (AvgIpc) is 2.88. The van der Waals surface area contributed by atoms with Gasteiger partial charge in [0.1, 0.15) is 0 Å². The van der Waals surface area contributed by atoms with E-state index >= 15 is 0 Å². The van der Waals surface area contributed by atoms with Gasteiger partial charge in [-0.05, 0) is 70.3 Å². The van der Waals surface area contributed by atoms with Gasteiger partial charge in [-0.15, -0.1) is 0 Å². The minimum Gasteiger partial charge on any atom is -0.393 e. The van der Waals surface area contributed by atoms with Crippen molar-refractivity contribution in [1.82, 2.24) is 25.1 Å². The lowest BCUT2D eigenvalue weighted by Crippen LogP contribution is -2.44. The first-order valence-electron chi connectivity index (χ1n) is 13.1. The van der Waals surface area contributed by atoms with E-state index in [1.54, 1.807) is 6.20 Å². The molecule has 0 radical (unpaired) electrons. The molecule has 0 spiro atoms. The Kier molecular flexibility index (Phi) is 8.70. The highest BCUT2D eigenvalue weighted by atomic mass is 16.3. The highest BCUT2D eigenvalue weighted by Crippen LogP contribution is 2.23. The number of benzene rings is 1. The Balaban J connectivity index is 1.35. The van der Waals surface area contributed by atoms with E-state index in [2.05, 4.69) is 51.1 Å². The number of nitrogens with one attached hydrogen (secondary N) is 1. The van der Waals surface area contributed by atoms with E-state index in [1.165, 1.54) is 18.4 Å². The standard InChI is InChI=1S/C27H40N6O2/c1-3-33(4-2)22-13-15-32(16-14-22)18-19-5-7-20(8-6-19)24-17-29-26(28)25(31-24)27(35)30-21-9-11-23(34)12-10-21/h5-8,17,21-23,34H,3-4,9-16,18H2,1-2H3,(H2,28,29)(H,30,35). The maximum atomic E-state index is 12.8. The predicted octanol–water partition coefficient (Wildman–Crippen LogP) is 3.07. The summed E-state index contributed by atoms with van der Waals surface area (Å²) in [6.07, 6.45) is 6.73. The molecule has 1 saturated heterocycles. The van der Waals surface area contributed by atoms with Gasteiger partial charge in [0.15, 0.2) is 11.5 Å². The molecule has 0 atom stereocenters. The number of anilines is 1. The normalized spacial score (nSPS) is 21.8.